The lowest BCUT2D eigenvalue weighted by atomic mass is 10.0. The van der Waals surface area contributed by atoms with E-state index in [2.05, 4.69) is 10.3 Å². The van der Waals surface area contributed by atoms with E-state index in [9.17, 15) is 13.2 Å². The van der Waals surface area contributed by atoms with Crippen LogP contribution in [0, 0.1) is 0 Å². The van der Waals surface area contributed by atoms with Crippen LogP contribution in [0.15, 0.2) is 6.20 Å². The van der Waals surface area contributed by atoms with Crippen molar-refractivity contribution >= 4 is 0 Å². The van der Waals surface area contributed by atoms with Gasteiger partial charge in [-0.15, -0.1) is 5.10 Å². The molecule has 0 amide bonds. The number of aromatic nitrogens is 3. The summed E-state index contributed by atoms with van der Waals surface area (Å²) in [5.74, 6) is 0. The van der Waals surface area contributed by atoms with Gasteiger partial charge in [0.1, 0.15) is 0 Å². The molecule has 0 bridgehead atoms. The Labute approximate surface area is 115 Å². The van der Waals surface area contributed by atoms with Crippen LogP contribution < -0.4 is 0 Å². The van der Waals surface area contributed by atoms with E-state index in [1.807, 2.05) is 6.92 Å². The summed E-state index contributed by atoms with van der Waals surface area (Å²) in [4.78, 5) is 1.74. The van der Waals surface area contributed by atoms with Gasteiger partial charge in [0.15, 0.2) is 6.10 Å². The molecule has 114 valence electrons. The molecule has 1 aliphatic rings. The highest BCUT2D eigenvalue weighted by Crippen LogP contribution is 2.32. The maximum absolute atomic E-state index is 12.9. The number of alkyl halides is 3. The van der Waals surface area contributed by atoms with Gasteiger partial charge in [0.25, 0.3) is 0 Å². The molecule has 1 unspecified atom stereocenters. The first kappa shape index (κ1) is 15.2. The maximum atomic E-state index is 12.9. The Bertz CT molecular complexity index is 458. The predicted octanol–water partition coefficient (Wildman–Crippen LogP) is 1.84. The molecule has 5 nitrogen and oxygen atoms in total. The molecule has 0 spiro atoms. The third-order valence-electron chi connectivity index (χ3n) is 3.24. The van der Waals surface area contributed by atoms with E-state index in [-0.39, 0.29) is 6.54 Å². The summed E-state index contributed by atoms with van der Waals surface area (Å²) in [5, 5.41) is 7.69. The molecule has 0 aromatic carbocycles. The molecule has 1 aromatic heterocycles. The zero-order valence-electron chi connectivity index (χ0n) is 11.8. The van der Waals surface area contributed by atoms with Crippen molar-refractivity contribution in [3.8, 4) is 0 Å². The zero-order valence-corrected chi connectivity index (χ0v) is 11.8. The van der Waals surface area contributed by atoms with Crippen LogP contribution in [0.1, 0.15) is 26.5 Å². The van der Waals surface area contributed by atoms with E-state index in [0.717, 1.165) is 5.69 Å². The van der Waals surface area contributed by atoms with Crippen LogP contribution in [0.5, 0.6) is 0 Å². The monoisotopic (exact) mass is 292 g/mol. The Morgan fingerprint density at radius 1 is 1.45 bits per heavy atom. The highest BCUT2D eigenvalue weighted by atomic mass is 19.4. The van der Waals surface area contributed by atoms with Crippen molar-refractivity contribution in [3.63, 3.8) is 0 Å². The topological polar surface area (TPSA) is 43.2 Å². The van der Waals surface area contributed by atoms with E-state index in [0.29, 0.717) is 19.6 Å². The molecule has 0 saturated carbocycles. The summed E-state index contributed by atoms with van der Waals surface area (Å²) in [6, 6.07) is 0. The van der Waals surface area contributed by atoms with Crippen molar-refractivity contribution < 1.29 is 17.9 Å². The normalized spacial score (nSPS) is 24.0. The molecule has 1 aromatic rings. The van der Waals surface area contributed by atoms with Gasteiger partial charge in [-0.05, 0) is 20.8 Å². The highest BCUT2D eigenvalue weighted by Gasteiger charge is 2.48. The molecule has 0 aliphatic carbocycles. The van der Waals surface area contributed by atoms with Gasteiger partial charge in [0.2, 0.25) is 0 Å². The fraction of sp³-hybridized carbons (Fsp3) is 0.833. The van der Waals surface area contributed by atoms with Crippen LogP contribution >= 0.6 is 0 Å². The summed E-state index contributed by atoms with van der Waals surface area (Å²) in [6.07, 6.45) is -4.51. The van der Waals surface area contributed by atoms with Crippen molar-refractivity contribution in [2.75, 3.05) is 13.1 Å². The average Bonchev–Trinajstić information content (AvgIpc) is 2.73. The third kappa shape index (κ3) is 3.49. The summed E-state index contributed by atoms with van der Waals surface area (Å²) in [7, 11) is 0. The van der Waals surface area contributed by atoms with Gasteiger partial charge in [-0.3, -0.25) is 4.90 Å². The summed E-state index contributed by atoms with van der Waals surface area (Å²) in [5.41, 5.74) is -0.0192. The van der Waals surface area contributed by atoms with Gasteiger partial charge in [-0.2, -0.15) is 13.2 Å². The largest absolute Gasteiger partial charge is 0.415 e. The lowest BCUT2D eigenvalue weighted by Gasteiger charge is -2.43. The fourth-order valence-electron chi connectivity index (χ4n) is 2.48. The Morgan fingerprint density at radius 2 is 2.15 bits per heavy atom. The van der Waals surface area contributed by atoms with Crippen LogP contribution in [0.3, 0.4) is 0 Å². The van der Waals surface area contributed by atoms with Crippen LogP contribution in [-0.4, -0.2) is 50.9 Å². The van der Waals surface area contributed by atoms with Crippen molar-refractivity contribution in [2.24, 2.45) is 0 Å². The lowest BCUT2D eigenvalue weighted by Crippen LogP contribution is -2.56. The van der Waals surface area contributed by atoms with Gasteiger partial charge in [-0.1, -0.05) is 5.21 Å². The molecule has 8 heteroatoms. The first-order valence-electron chi connectivity index (χ1n) is 6.55. The molecule has 1 atom stereocenters. The van der Waals surface area contributed by atoms with Gasteiger partial charge >= 0.3 is 6.18 Å². The predicted molar refractivity (Wildman–Crippen MR) is 66.0 cm³/mol. The molecule has 0 N–H and O–H groups in total. The van der Waals surface area contributed by atoms with E-state index in [1.165, 1.54) is 0 Å². The van der Waals surface area contributed by atoms with Crippen molar-refractivity contribution in [1.29, 1.82) is 0 Å². The summed E-state index contributed by atoms with van der Waals surface area (Å²) >= 11 is 0. The molecular weight excluding hydrogens is 273 g/mol. The molecule has 20 heavy (non-hydrogen) atoms. The fourth-order valence-corrected chi connectivity index (χ4v) is 2.48. The Kier molecular flexibility index (Phi) is 4.06. The Balaban J connectivity index is 2.11. The second kappa shape index (κ2) is 5.33. The van der Waals surface area contributed by atoms with Crippen molar-refractivity contribution in [2.45, 2.75) is 51.7 Å². The first-order valence-corrected chi connectivity index (χ1v) is 6.55. The number of halogens is 3. The van der Waals surface area contributed by atoms with Gasteiger partial charge in [-0.25, -0.2) is 4.68 Å². The number of rotatable bonds is 3. The summed E-state index contributed by atoms with van der Waals surface area (Å²) < 4.78 is 45.5. The number of aryl methyl sites for hydroxylation is 1. The quantitative estimate of drug-likeness (QED) is 0.852. The Hall–Kier alpha value is -1.15. The highest BCUT2D eigenvalue weighted by molar-refractivity contribution is 4.97. The summed E-state index contributed by atoms with van der Waals surface area (Å²) in [6.45, 7) is 6.57. The van der Waals surface area contributed by atoms with Crippen molar-refractivity contribution in [3.05, 3.63) is 11.9 Å². The molecule has 1 saturated heterocycles. The van der Waals surface area contributed by atoms with E-state index in [1.54, 1.807) is 29.6 Å². The van der Waals surface area contributed by atoms with E-state index >= 15 is 0 Å². The molecule has 2 rings (SSSR count). The molecule has 0 radical (unpaired) electrons. The minimum absolute atomic E-state index is 0.165. The second-order valence-corrected chi connectivity index (χ2v) is 5.62. The smallest absolute Gasteiger partial charge is 0.360 e. The lowest BCUT2D eigenvalue weighted by molar-refractivity contribution is -0.273. The molecule has 1 fully saturated rings. The minimum atomic E-state index is -4.35. The van der Waals surface area contributed by atoms with Crippen LogP contribution in [-0.2, 0) is 17.8 Å². The van der Waals surface area contributed by atoms with Crippen LogP contribution in [0.2, 0.25) is 0 Å². The number of morpholine rings is 1. The van der Waals surface area contributed by atoms with Gasteiger partial charge in [0.05, 0.1) is 17.5 Å². The minimum Gasteiger partial charge on any atom is -0.360 e. The number of hydrogen-bond acceptors (Lipinski definition) is 4. The zero-order chi connectivity index (χ0) is 15.0. The maximum Gasteiger partial charge on any atom is 0.415 e. The third-order valence-corrected chi connectivity index (χ3v) is 3.24. The van der Waals surface area contributed by atoms with Crippen LogP contribution in [0.4, 0.5) is 13.2 Å². The SMILES string of the molecule is CCn1nncc1CN1CC(C(F)(F)F)OC(C)(C)C1. The van der Waals surface area contributed by atoms with Crippen molar-refractivity contribution in [1.82, 2.24) is 19.9 Å². The van der Waals surface area contributed by atoms with Gasteiger partial charge in [0, 0.05) is 26.2 Å². The number of hydrogen-bond donors (Lipinski definition) is 0. The second-order valence-electron chi connectivity index (χ2n) is 5.62. The first-order chi connectivity index (χ1) is 9.21. The van der Waals surface area contributed by atoms with Crippen LogP contribution in [0.25, 0.3) is 0 Å². The molecule has 1 aliphatic heterocycles. The molecular formula is C12H19F3N4O. The number of ether oxygens (including phenoxy) is 1. The number of nitrogens with zero attached hydrogens (tertiary/aromatic N) is 4. The van der Waals surface area contributed by atoms with E-state index in [4.69, 9.17) is 4.74 Å². The standard InChI is InChI=1S/C12H19F3N4O/c1-4-19-9(5-16-17-19)6-18-7-10(12(13,14)15)20-11(2,3)8-18/h5,10H,4,6-8H2,1-3H3. The Morgan fingerprint density at radius 3 is 2.75 bits per heavy atom. The molecule has 2 heterocycles. The average molecular weight is 292 g/mol. The van der Waals surface area contributed by atoms with Gasteiger partial charge < -0.3 is 4.74 Å². The van der Waals surface area contributed by atoms with E-state index < -0.39 is 17.9 Å².